The lowest BCUT2D eigenvalue weighted by Gasteiger charge is -2.26. The monoisotopic (exact) mass is 322 g/mol. The van der Waals surface area contributed by atoms with Crippen LogP contribution in [-0.4, -0.2) is 47.6 Å². The lowest BCUT2D eigenvalue weighted by atomic mass is 9.97. The first kappa shape index (κ1) is 15.1. The Morgan fingerprint density at radius 1 is 1.33 bits per heavy atom. The van der Waals surface area contributed by atoms with Crippen LogP contribution in [0.1, 0.15) is 24.8 Å². The molecule has 2 aromatic rings. The molecule has 4 heterocycles. The van der Waals surface area contributed by atoms with Crippen LogP contribution in [0, 0.1) is 10.8 Å². The lowest BCUT2D eigenvalue weighted by molar-refractivity contribution is 0.419. The van der Waals surface area contributed by atoms with Crippen LogP contribution in [0.15, 0.2) is 24.5 Å². The Hall–Kier alpha value is -2.47. The molecule has 1 atom stereocenters. The summed E-state index contributed by atoms with van der Waals surface area (Å²) in [5, 5.41) is 19.7. The Bertz CT molecular complexity index is 812. The molecular weight excluding hydrogens is 300 g/mol. The van der Waals surface area contributed by atoms with E-state index in [1.807, 2.05) is 12.4 Å². The molecule has 4 N–H and O–H groups in total. The summed E-state index contributed by atoms with van der Waals surface area (Å²) in [6.07, 6.45) is 11.6. The molecule has 2 aliphatic heterocycles. The molecule has 124 valence electrons. The topological polar surface area (TPSA) is 91.6 Å². The fourth-order valence-corrected chi connectivity index (χ4v) is 4.13. The number of aromatic nitrogens is 2. The van der Waals surface area contributed by atoms with E-state index in [1.54, 1.807) is 6.08 Å². The van der Waals surface area contributed by atoms with Gasteiger partial charge in [-0.05, 0) is 37.9 Å². The van der Waals surface area contributed by atoms with E-state index in [9.17, 15) is 0 Å². The summed E-state index contributed by atoms with van der Waals surface area (Å²) in [6, 6.07) is 2.07. The van der Waals surface area contributed by atoms with Crippen LogP contribution in [0.4, 0.5) is 5.69 Å². The number of anilines is 1. The third kappa shape index (κ3) is 2.34. The van der Waals surface area contributed by atoms with Gasteiger partial charge < -0.3 is 26.0 Å². The highest BCUT2D eigenvalue weighted by atomic mass is 15.2. The van der Waals surface area contributed by atoms with Crippen molar-refractivity contribution in [2.24, 2.45) is 0 Å². The minimum atomic E-state index is 0.265. The molecule has 2 aromatic heterocycles. The first-order chi connectivity index (χ1) is 11.8. The van der Waals surface area contributed by atoms with Crippen molar-refractivity contribution in [2.75, 3.05) is 24.5 Å². The van der Waals surface area contributed by atoms with Gasteiger partial charge in [-0.2, -0.15) is 0 Å². The number of nitrogens with zero attached hydrogens (tertiary/aromatic N) is 2. The van der Waals surface area contributed by atoms with Crippen LogP contribution in [0.2, 0.25) is 0 Å². The summed E-state index contributed by atoms with van der Waals surface area (Å²) < 4.78 is 0. The van der Waals surface area contributed by atoms with Gasteiger partial charge in [0.05, 0.1) is 0 Å². The standard InChI is InChI=1S/C18H22N6/c19-6-2-13(10-20)14-11-22-17-16(14)15(3-8-21-17)24-9-5-18(12-24)4-1-7-23-18/h2-3,6,8,10-11,19-20,23H,1,4-5,7,9,12H2,(H,21,22)/b13-2+,19-6?,20-10?. The third-order valence-electron chi connectivity index (χ3n) is 5.31. The summed E-state index contributed by atoms with van der Waals surface area (Å²) >= 11 is 0. The van der Waals surface area contributed by atoms with Crippen molar-refractivity contribution in [1.29, 1.82) is 10.8 Å². The van der Waals surface area contributed by atoms with Crippen LogP contribution < -0.4 is 10.2 Å². The Labute approximate surface area is 141 Å². The molecule has 24 heavy (non-hydrogen) atoms. The summed E-state index contributed by atoms with van der Waals surface area (Å²) in [5.41, 5.74) is 3.92. The number of hydrogen-bond acceptors (Lipinski definition) is 5. The molecule has 4 rings (SSSR count). The van der Waals surface area contributed by atoms with E-state index in [2.05, 4.69) is 26.3 Å². The lowest BCUT2D eigenvalue weighted by Crippen LogP contribution is -2.42. The van der Waals surface area contributed by atoms with Crippen molar-refractivity contribution in [2.45, 2.75) is 24.8 Å². The molecule has 1 spiro atoms. The molecule has 0 aromatic carbocycles. The molecule has 0 radical (unpaired) electrons. The average Bonchev–Trinajstić information content (AvgIpc) is 3.33. The molecular formula is C18H22N6. The van der Waals surface area contributed by atoms with Crippen LogP contribution >= 0.6 is 0 Å². The summed E-state index contributed by atoms with van der Waals surface area (Å²) in [4.78, 5) is 10.1. The Morgan fingerprint density at radius 3 is 3.00 bits per heavy atom. The van der Waals surface area contributed by atoms with Crippen molar-refractivity contribution < 1.29 is 0 Å². The molecule has 6 nitrogen and oxygen atoms in total. The van der Waals surface area contributed by atoms with E-state index in [-0.39, 0.29) is 5.54 Å². The van der Waals surface area contributed by atoms with E-state index >= 15 is 0 Å². The van der Waals surface area contributed by atoms with Crippen molar-refractivity contribution in [3.63, 3.8) is 0 Å². The molecule has 2 aliphatic rings. The van der Waals surface area contributed by atoms with Gasteiger partial charge in [0.1, 0.15) is 5.65 Å². The first-order valence-corrected chi connectivity index (χ1v) is 8.44. The summed E-state index contributed by atoms with van der Waals surface area (Å²) in [7, 11) is 0. The van der Waals surface area contributed by atoms with E-state index in [1.165, 1.54) is 37.4 Å². The van der Waals surface area contributed by atoms with Crippen LogP contribution in [0.5, 0.6) is 0 Å². The molecule has 2 saturated heterocycles. The normalized spacial score (nSPS) is 24.2. The zero-order chi connectivity index (χ0) is 16.6. The Morgan fingerprint density at radius 2 is 2.25 bits per heavy atom. The number of fused-ring (bicyclic) bond motifs is 1. The van der Waals surface area contributed by atoms with Gasteiger partial charge in [-0.25, -0.2) is 4.98 Å². The molecule has 0 aliphatic carbocycles. The quantitative estimate of drug-likeness (QED) is 0.652. The maximum Gasteiger partial charge on any atom is 0.139 e. The fraction of sp³-hybridized carbons (Fsp3) is 0.389. The molecule has 0 amide bonds. The van der Waals surface area contributed by atoms with Crippen molar-refractivity contribution >= 4 is 34.7 Å². The van der Waals surface area contributed by atoms with Gasteiger partial charge in [0, 0.05) is 65.7 Å². The maximum absolute atomic E-state index is 7.67. The largest absolute Gasteiger partial charge is 0.369 e. The molecule has 6 heteroatoms. The number of allylic oxidation sites excluding steroid dienone is 2. The number of hydrogen-bond donors (Lipinski definition) is 4. The molecule has 1 unspecified atom stereocenters. The number of H-pyrrole nitrogens is 1. The number of aromatic amines is 1. The zero-order valence-electron chi connectivity index (χ0n) is 13.6. The van der Waals surface area contributed by atoms with Gasteiger partial charge in [-0.15, -0.1) is 0 Å². The molecule has 0 bridgehead atoms. The highest BCUT2D eigenvalue weighted by molar-refractivity contribution is 6.18. The van der Waals surface area contributed by atoms with E-state index in [4.69, 9.17) is 10.8 Å². The third-order valence-corrected chi connectivity index (χ3v) is 5.31. The smallest absolute Gasteiger partial charge is 0.139 e. The molecule has 0 saturated carbocycles. The van der Waals surface area contributed by atoms with Gasteiger partial charge in [-0.3, -0.25) is 0 Å². The second-order valence-electron chi connectivity index (χ2n) is 6.67. The van der Waals surface area contributed by atoms with Crippen LogP contribution in [0.3, 0.4) is 0 Å². The number of pyridine rings is 1. The second kappa shape index (κ2) is 5.87. The highest BCUT2D eigenvalue weighted by Crippen LogP contribution is 2.37. The Balaban J connectivity index is 1.79. The minimum absolute atomic E-state index is 0.265. The predicted molar refractivity (Wildman–Crippen MR) is 98.4 cm³/mol. The van der Waals surface area contributed by atoms with Crippen LogP contribution in [-0.2, 0) is 0 Å². The predicted octanol–water partition coefficient (Wildman–Crippen LogP) is 2.58. The first-order valence-electron chi connectivity index (χ1n) is 8.44. The SMILES string of the molecule is N=C/C=C(\C=N)c1c[nH]c2nccc(N3CCC4(CCCN4)C3)c12. The van der Waals surface area contributed by atoms with Gasteiger partial charge in [0.15, 0.2) is 0 Å². The number of nitrogens with one attached hydrogen (secondary N) is 4. The average molecular weight is 322 g/mol. The van der Waals surface area contributed by atoms with Gasteiger partial charge in [-0.1, -0.05) is 0 Å². The fourth-order valence-electron chi connectivity index (χ4n) is 4.13. The molecule has 2 fully saturated rings. The summed E-state index contributed by atoms with van der Waals surface area (Å²) in [6.45, 7) is 3.17. The second-order valence-corrected chi connectivity index (χ2v) is 6.67. The summed E-state index contributed by atoms with van der Waals surface area (Å²) in [5.74, 6) is 0. The van der Waals surface area contributed by atoms with Crippen molar-refractivity contribution in [3.8, 4) is 0 Å². The maximum atomic E-state index is 7.67. The minimum Gasteiger partial charge on any atom is -0.369 e. The van der Waals surface area contributed by atoms with Gasteiger partial charge >= 0.3 is 0 Å². The van der Waals surface area contributed by atoms with Gasteiger partial charge in [0.2, 0.25) is 0 Å². The number of rotatable bonds is 4. The van der Waals surface area contributed by atoms with Crippen molar-refractivity contribution in [3.05, 3.63) is 30.1 Å². The van der Waals surface area contributed by atoms with E-state index < -0.39 is 0 Å². The van der Waals surface area contributed by atoms with Gasteiger partial charge in [0.25, 0.3) is 0 Å². The zero-order valence-corrected chi connectivity index (χ0v) is 13.6. The van der Waals surface area contributed by atoms with Crippen molar-refractivity contribution in [1.82, 2.24) is 15.3 Å². The van der Waals surface area contributed by atoms with Crippen LogP contribution in [0.25, 0.3) is 16.6 Å². The highest BCUT2D eigenvalue weighted by Gasteiger charge is 2.40. The van der Waals surface area contributed by atoms with E-state index in [0.717, 1.165) is 41.8 Å². The Kier molecular flexibility index (Phi) is 3.69. The van der Waals surface area contributed by atoms with E-state index in [0.29, 0.717) is 0 Å².